The van der Waals surface area contributed by atoms with Gasteiger partial charge < -0.3 is 16.0 Å². The van der Waals surface area contributed by atoms with Gasteiger partial charge in [0.05, 0.1) is 11.6 Å². The van der Waals surface area contributed by atoms with Crippen LogP contribution in [0, 0.1) is 5.92 Å². The standard InChI is InChI=1S/C15H16N4O2/c16-11-2-1-10(9-11)14(20)18-12-3-5-13(6-4-12)19-8-7-17-15(19)21/h1-8,10-11H,9,16H2,(H,17,21)(H,18,20). The van der Waals surface area contributed by atoms with E-state index in [2.05, 4.69) is 10.3 Å². The van der Waals surface area contributed by atoms with E-state index in [0.717, 1.165) is 5.69 Å². The Morgan fingerprint density at radius 1 is 1.29 bits per heavy atom. The van der Waals surface area contributed by atoms with Gasteiger partial charge >= 0.3 is 5.69 Å². The molecule has 0 fully saturated rings. The number of hydrogen-bond acceptors (Lipinski definition) is 3. The number of carbonyl (C=O) groups excluding carboxylic acids is 1. The molecule has 0 bridgehead atoms. The molecule has 2 aromatic rings. The summed E-state index contributed by atoms with van der Waals surface area (Å²) >= 11 is 0. The number of nitrogens with one attached hydrogen (secondary N) is 2. The van der Waals surface area contributed by atoms with Gasteiger partial charge in [-0.3, -0.25) is 9.36 Å². The average Bonchev–Trinajstić information content (AvgIpc) is 3.08. The molecule has 6 heteroatoms. The second-order valence-corrected chi connectivity index (χ2v) is 5.06. The number of aromatic amines is 1. The van der Waals surface area contributed by atoms with Crippen LogP contribution in [0.3, 0.4) is 0 Å². The minimum absolute atomic E-state index is 0.0383. The summed E-state index contributed by atoms with van der Waals surface area (Å²) in [7, 11) is 0. The number of H-pyrrole nitrogens is 1. The van der Waals surface area contributed by atoms with Crippen molar-refractivity contribution >= 4 is 11.6 Å². The van der Waals surface area contributed by atoms with Gasteiger partial charge in [0.1, 0.15) is 0 Å². The maximum atomic E-state index is 12.0. The molecule has 1 heterocycles. The van der Waals surface area contributed by atoms with Crippen molar-refractivity contribution in [2.24, 2.45) is 11.7 Å². The van der Waals surface area contributed by atoms with Crippen LogP contribution in [0.4, 0.5) is 5.69 Å². The molecule has 2 atom stereocenters. The summed E-state index contributed by atoms with van der Waals surface area (Å²) in [6, 6.07) is 7.06. The Balaban J connectivity index is 1.70. The zero-order valence-electron chi connectivity index (χ0n) is 11.3. The molecule has 1 aromatic heterocycles. The van der Waals surface area contributed by atoms with Crippen molar-refractivity contribution in [3.05, 3.63) is 59.3 Å². The van der Waals surface area contributed by atoms with E-state index in [4.69, 9.17) is 5.73 Å². The Morgan fingerprint density at radius 2 is 2.05 bits per heavy atom. The fraction of sp³-hybridized carbons (Fsp3) is 0.200. The van der Waals surface area contributed by atoms with Crippen LogP contribution in [0.1, 0.15) is 6.42 Å². The minimum Gasteiger partial charge on any atom is -0.326 e. The molecule has 0 spiro atoms. The first-order chi connectivity index (χ1) is 10.1. The van der Waals surface area contributed by atoms with Gasteiger partial charge in [-0.25, -0.2) is 4.79 Å². The maximum absolute atomic E-state index is 12.0. The third-order valence-corrected chi connectivity index (χ3v) is 3.52. The summed E-state index contributed by atoms with van der Waals surface area (Å²) in [6.07, 6.45) is 7.57. The monoisotopic (exact) mass is 284 g/mol. The fourth-order valence-electron chi connectivity index (χ4n) is 2.39. The lowest BCUT2D eigenvalue weighted by molar-refractivity contribution is -0.118. The number of benzene rings is 1. The zero-order valence-corrected chi connectivity index (χ0v) is 11.3. The molecule has 0 aliphatic heterocycles. The van der Waals surface area contributed by atoms with Crippen molar-refractivity contribution in [2.75, 3.05) is 5.32 Å². The van der Waals surface area contributed by atoms with Crippen molar-refractivity contribution in [1.29, 1.82) is 0 Å². The van der Waals surface area contributed by atoms with Gasteiger partial charge in [0.2, 0.25) is 5.91 Å². The lowest BCUT2D eigenvalue weighted by atomic mass is 10.1. The van der Waals surface area contributed by atoms with Gasteiger partial charge in [-0.1, -0.05) is 12.2 Å². The SMILES string of the molecule is NC1C=CC(C(=O)Nc2ccc(-n3cc[nH]c3=O)cc2)C1. The number of amides is 1. The minimum atomic E-state index is -0.197. The lowest BCUT2D eigenvalue weighted by Crippen LogP contribution is -2.24. The first-order valence-corrected chi connectivity index (χ1v) is 6.75. The molecule has 2 unspecified atom stereocenters. The highest BCUT2D eigenvalue weighted by Gasteiger charge is 2.22. The molecule has 21 heavy (non-hydrogen) atoms. The second kappa shape index (κ2) is 5.41. The van der Waals surface area contributed by atoms with E-state index in [1.165, 1.54) is 4.57 Å². The van der Waals surface area contributed by atoms with Gasteiger partial charge in [-0.2, -0.15) is 0 Å². The molecule has 0 saturated carbocycles. The van der Waals surface area contributed by atoms with Gasteiger partial charge in [0.15, 0.2) is 0 Å². The first-order valence-electron chi connectivity index (χ1n) is 6.75. The topological polar surface area (TPSA) is 92.9 Å². The molecule has 108 valence electrons. The summed E-state index contributed by atoms with van der Waals surface area (Å²) in [5.74, 6) is -0.238. The molecule has 1 aliphatic carbocycles. The molecular formula is C15H16N4O2. The van der Waals surface area contributed by atoms with Gasteiger partial charge in [-0.05, 0) is 30.7 Å². The Labute approximate surface area is 121 Å². The molecule has 6 nitrogen and oxygen atoms in total. The summed E-state index contributed by atoms with van der Waals surface area (Å²) in [5, 5.41) is 2.85. The second-order valence-electron chi connectivity index (χ2n) is 5.06. The quantitative estimate of drug-likeness (QED) is 0.734. The summed E-state index contributed by atoms with van der Waals surface area (Å²) in [6.45, 7) is 0. The number of imidazole rings is 1. The van der Waals surface area contributed by atoms with E-state index in [0.29, 0.717) is 12.1 Å². The summed E-state index contributed by atoms with van der Waals surface area (Å²) in [5.41, 5.74) is 6.98. The molecule has 1 amide bonds. The normalized spacial score (nSPS) is 20.6. The van der Waals surface area contributed by atoms with E-state index in [-0.39, 0.29) is 23.6 Å². The number of nitrogens with zero attached hydrogens (tertiary/aromatic N) is 1. The molecule has 3 rings (SSSR count). The van der Waals surface area contributed by atoms with E-state index in [9.17, 15) is 9.59 Å². The largest absolute Gasteiger partial charge is 0.330 e. The average molecular weight is 284 g/mol. The number of hydrogen-bond donors (Lipinski definition) is 3. The van der Waals surface area contributed by atoms with Gasteiger partial charge in [0.25, 0.3) is 0 Å². The number of carbonyl (C=O) groups is 1. The zero-order chi connectivity index (χ0) is 14.8. The van der Waals surface area contributed by atoms with Crippen LogP contribution in [0.15, 0.2) is 53.6 Å². The van der Waals surface area contributed by atoms with Crippen LogP contribution in [-0.2, 0) is 4.79 Å². The Kier molecular flexibility index (Phi) is 3.45. The number of nitrogens with two attached hydrogens (primary N) is 1. The molecule has 4 N–H and O–H groups in total. The molecule has 1 aromatic carbocycles. The number of anilines is 1. The first kappa shape index (κ1) is 13.4. The van der Waals surface area contributed by atoms with Crippen molar-refractivity contribution in [3.63, 3.8) is 0 Å². The highest BCUT2D eigenvalue weighted by Crippen LogP contribution is 2.19. The predicted octanol–water partition coefficient (Wildman–Crippen LogP) is 1.01. The smallest absolute Gasteiger partial charge is 0.326 e. The van der Waals surface area contributed by atoms with Crippen LogP contribution in [0.2, 0.25) is 0 Å². The van der Waals surface area contributed by atoms with Crippen molar-refractivity contribution in [3.8, 4) is 5.69 Å². The lowest BCUT2D eigenvalue weighted by Gasteiger charge is -2.11. The predicted molar refractivity (Wildman–Crippen MR) is 80.2 cm³/mol. The van der Waals surface area contributed by atoms with E-state index in [1.54, 1.807) is 36.7 Å². The summed E-state index contributed by atoms with van der Waals surface area (Å²) < 4.78 is 1.49. The number of aromatic nitrogens is 2. The maximum Gasteiger partial charge on any atom is 0.330 e. The van der Waals surface area contributed by atoms with Crippen molar-refractivity contribution in [2.45, 2.75) is 12.5 Å². The van der Waals surface area contributed by atoms with Crippen LogP contribution in [0.25, 0.3) is 5.69 Å². The van der Waals surface area contributed by atoms with Crippen molar-refractivity contribution in [1.82, 2.24) is 9.55 Å². The highest BCUT2D eigenvalue weighted by atomic mass is 16.2. The number of rotatable bonds is 3. The Hall–Kier alpha value is -2.60. The summed E-state index contributed by atoms with van der Waals surface area (Å²) in [4.78, 5) is 26.1. The molecule has 0 radical (unpaired) electrons. The molecule has 0 saturated heterocycles. The highest BCUT2D eigenvalue weighted by molar-refractivity contribution is 5.94. The Morgan fingerprint density at radius 3 is 2.62 bits per heavy atom. The fourth-order valence-corrected chi connectivity index (χ4v) is 2.39. The molecule has 1 aliphatic rings. The van der Waals surface area contributed by atoms with Crippen LogP contribution < -0.4 is 16.7 Å². The van der Waals surface area contributed by atoms with Crippen LogP contribution >= 0.6 is 0 Å². The van der Waals surface area contributed by atoms with E-state index < -0.39 is 0 Å². The third kappa shape index (κ3) is 2.80. The Bertz CT molecular complexity index is 727. The van der Waals surface area contributed by atoms with E-state index >= 15 is 0 Å². The van der Waals surface area contributed by atoms with Gasteiger partial charge in [0, 0.05) is 24.1 Å². The van der Waals surface area contributed by atoms with Gasteiger partial charge in [-0.15, -0.1) is 0 Å². The van der Waals surface area contributed by atoms with Crippen molar-refractivity contribution < 1.29 is 4.79 Å². The van der Waals surface area contributed by atoms with Crippen LogP contribution in [-0.4, -0.2) is 21.5 Å². The third-order valence-electron chi connectivity index (χ3n) is 3.52. The van der Waals surface area contributed by atoms with E-state index in [1.807, 2.05) is 12.2 Å². The van der Waals surface area contributed by atoms with Crippen LogP contribution in [0.5, 0.6) is 0 Å². The molecular weight excluding hydrogens is 268 g/mol.